The van der Waals surface area contributed by atoms with Gasteiger partial charge < -0.3 is 9.80 Å². The summed E-state index contributed by atoms with van der Waals surface area (Å²) in [6.45, 7) is 1.22. The van der Waals surface area contributed by atoms with E-state index in [-0.39, 0.29) is 24.6 Å². The Hall–Kier alpha value is -2.18. The largest absolute Gasteiger partial charge is 0.352 e. The molecule has 2 heterocycles. The van der Waals surface area contributed by atoms with Crippen LogP contribution in [0, 0.1) is 17.7 Å². The van der Waals surface area contributed by atoms with E-state index in [1.807, 2.05) is 25.3 Å². The van der Waals surface area contributed by atoms with Gasteiger partial charge in [-0.25, -0.2) is 15.0 Å². The molecule has 2 fully saturated rings. The molecule has 0 aromatic carbocycles. The second kappa shape index (κ2) is 12.5. The summed E-state index contributed by atoms with van der Waals surface area (Å²) in [5.74, 6) is -1.20. The standard InChI is InChI=1S/C22H36FN7O3S/c1-28(2)17-9-6-10-29(13-17)20-18(23)19(24-22(25-20)34-3)26-27-21(32)16(12-30(33)14-31)11-15-7-4-5-8-15/h14-17,33H,4-13H2,1-3H3,(H,27,32)(H,24,25,26). The van der Waals surface area contributed by atoms with E-state index < -0.39 is 17.6 Å². The summed E-state index contributed by atoms with van der Waals surface area (Å²) >= 11 is 1.29. The average molecular weight is 498 g/mol. The average Bonchev–Trinajstić information content (AvgIpc) is 3.35. The van der Waals surface area contributed by atoms with Crippen molar-refractivity contribution in [2.75, 3.05) is 50.3 Å². The Bertz CT molecular complexity index is 841. The monoisotopic (exact) mass is 497 g/mol. The van der Waals surface area contributed by atoms with Crippen molar-refractivity contribution in [2.24, 2.45) is 11.8 Å². The summed E-state index contributed by atoms with van der Waals surface area (Å²) in [4.78, 5) is 36.5. The first kappa shape index (κ1) is 26.4. The number of hydrazine groups is 1. The van der Waals surface area contributed by atoms with E-state index in [2.05, 4.69) is 25.7 Å². The van der Waals surface area contributed by atoms with Gasteiger partial charge in [-0.05, 0) is 45.5 Å². The summed E-state index contributed by atoms with van der Waals surface area (Å²) in [6, 6.07) is 0.299. The lowest BCUT2D eigenvalue weighted by molar-refractivity contribution is -0.154. The number of carbonyl (C=O) groups excluding carboxylic acids is 2. The van der Waals surface area contributed by atoms with Crippen LogP contribution < -0.4 is 15.8 Å². The minimum Gasteiger partial charge on any atom is -0.352 e. The van der Waals surface area contributed by atoms with E-state index >= 15 is 4.39 Å². The fourth-order valence-corrected chi connectivity index (χ4v) is 5.13. The molecule has 0 bridgehead atoms. The molecule has 2 atom stereocenters. The lowest BCUT2D eigenvalue weighted by Gasteiger charge is -2.37. The van der Waals surface area contributed by atoms with Gasteiger partial charge in [0.2, 0.25) is 18.1 Å². The topological polar surface area (TPSA) is 114 Å². The second-order valence-corrected chi connectivity index (χ2v) is 10.1. The van der Waals surface area contributed by atoms with Gasteiger partial charge in [-0.3, -0.25) is 25.6 Å². The lowest BCUT2D eigenvalue weighted by atomic mass is 9.92. The molecule has 1 saturated heterocycles. The van der Waals surface area contributed by atoms with Crippen molar-refractivity contribution in [3.63, 3.8) is 0 Å². The number of hydrogen-bond acceptors (Lipinski definition) is 9. The number of rotatable bonds is 11. The molecule has 3 N–H and O–H groups in total. The summed E-state index contributed by atoms with van der Waals surface area (Å²) in [5, 5.41) is 10.5. The van der Waals surface area contributed by atoms with Crippen molar-refractivity contribution >= 4 is 35.7 Å². The van der Waals surface area contributed by atoms with Crippen molar-refractivity contribution in [2.45, 2.75) is 56.1 Å². The number of hydroxylamine groups is 2. The van der Waals surface area contributed by atoms with Gasteiger partial charge in [0.15, 0.2) is 16.8 Å². The molecular formula is C22H36FN7O3S. The molecule has 10 nitrogen and oxygen atoms in total. The maximum atomic E-state index is 15.4. The Labute approximate surface area is 204 Å². The number of nitrogens with one attached hydrogen (secondary N) is 2. The number of thioether (sulfide) groups is 1. The van der Waals surface area contributed by atoms with Crippen molar-refractivity contribution in [1.82, 2.24) is 25.4 Å². The van der Waals surface area contributed by atoms with Gasteiger partial charge in [-0.1, -0.05) is 37.4 Å². The quantitative estimate of drug-likeness (QED) is 0.139. The van der Waals surface area contributed by atoms with Gasteiger partial charge >= 0.3 is 0 Å². The van der Waals surface area contributed by atoms with Crippen LogP contribution >= 0.6 is 11.8 Å². The molecule has 1 saturated carbocycles. The van der Waals surface area contributed by atoms with E-state index in [1.165, 1.54) is 11.8 Å². The Balaban J connectivity index is 1.73. The summed E-state index contributed by atoms with van der Waals surface area (Å²) in [6.07, 6.45) is 8.88. The zero-order chi connectivity index (χ0) is 24.7. The fourth-order valence-electron chi connectivity index (χ4n) is 4.77. The van der Waals surface area contributed by atoms with Crippen LogP contribution in [0.5, 0.6) is 0 Å². The molecule has 0 radical (unpaired) electrons. The molecule has 12 heteroatoms. The van der Waals surface area contributed by atoms with E-state index in [4.69, 9.17) is 0 Å². The maximum Gasteiger partial charge on any atom is 0.243 e. The van der Waals surface area contributed by atoms with E-state index in [0.717, 1.165) is 38.5 Å². The van der Waals surface area contributed by atoms with Gasteiger partial charge in [0, 0.05) is 19.1 Å². The highest BCUT2D eigenvalue weighted by molar-refractivity contribution is 7.98. The molecule has 0 spiro atoms. The van der Waals surface area contributed by atoms with Crippen LogP contribution in [0.3, 0.4) is 0 Å². The normalized spacial score (nSPS) is 19.8. The zero-order valence-electron chi connectivity index (χ0n) is 20.2. The van der Waals surface area contributed by atoms with Crippen molar-refractivity contribution in [1.29, 1.82) is 0 Å². The zero-order valence-corrected chi connectivity index (χ0v) is 21.0. The molecule has 190 valence electrons. The molecule has 1 aliphatic heterocycles. The van der Waals surface area contributed by atoms with Crippen LogP contribution in [-0.4, -0.2) is 83.5 Å². The minimum absolute atomic E-state index is 0.106. The van der Waals surface area contributed by atoms with E-state index in [9.17, 15) is 14.8 Å². The Morgan fingerprint density at radius 3 is 2.68 bits per heavy atom. The highest BCUT2D eigenvalue weighted by atomic mass is 32.2. The lowest BCUT2D eigenvalue weighted by Crippen LogP contribution is -2.46. The Kier molecular flexibility index (Phi) is 9.72. The number of anilines is 2. The molecule has 2 amide bonds. The van der Waals surface area contributed by atoms with E-state index in [1.54, 1.807) is 0 Å². The molecule has 2 aliphatic rings. The third-order valence-electron chi connectivity index (χ3n) is 6.72. The van der Waals surface area contributed by atoms with Crippen LogP contribution in [0.25, 0.3) is 0 Å². The second-order valence-electron chi connectivity index (χ2n) is 9.33. The number of carbonyl (C=O) groups is 2. The molecule has 1 aromatic heterocycles. The van der Waals surface area contributed by atoms with Crippen molar-refractivity contribution in [3.05, 3.63) is 5.82 Å². The smallest absolute Gasteiger partial charge is 0.243 e. The predicted molar refractivity (Wildman–Crippen MR) is 129 cm³/mol. The van der Waals surface area contributed by atoms with Gasteiger partial charge in [-0.15, -0.1) is 0 Å². The highest BCUT2D eigenvalue weighted by Crippen LogP contribution is 2.31. The number of nitrogens with zero attached hydrogens (tertiary/aromatic N) is 5. The minimum atomic E-state index is -0.627. The van der Waals surface area contributed by atoms with Crippen molar-refractivity contribution in [3.8, 4) is 0 Å². The molecule has 2 unspecified atom stereocenters. The molecule has 3 rings (SSSR count). The summed E-state index contributed by atoms with van der Waals surface area (Å²) in [5.41, 5.74) is 5.18. The Morgan fingerprint density at radius 1 is 1.29 bits per heavy atom. The number of halogens is 1. The summed E-state index contributed by atoms with van der Waals surface area (Å²) in [7, 11) is 4.03. The van der Waals surface area contributed by atoms with Gasteiger partial charge in [0.05, 0.1) is 12.5 Å². The Morgan fingerprint density at radius 2 is 2.03 bits per heavy atom. The fraction of sp³-hybridized carbons (Fsp3) is 0.727. The predicted octanol–water partition coefficient (Wildman–Crippen LogP) is 2.36. The highest BCUT2D eigenvalue weighted by Gasteiger charge is 2.29. The summed E-state index contributed by atoms with van der Waals surface area (Å²) < 4.78 is 15.4. The van der Waals surface area contributed by atoms with Crippen LogP contribution in [0.2, 0.25) is 0 Å². The number of amides is 2. The van der Waals surface area contributed by atoms with Crippen LogP contribution in [0.4, 0.5) is 16.0 Å². The van der Waals surface area contributed by atoms with E-state index in [0.29, 0.717) is 41.7 Å². The first-order valence-corrected chi connectivity index (χ1v) is 13.0. The van der Waals surface area contributed by atoms with Crippen molar-refractivity contribution < 1.29 is 19.2 Å². The first-order chi connectivity index (χ1) is 16.3. The third kappa shape index (κ3) is 6.92. The van der Waals surface area contributed by atoms with Gasteiger partial charge in [-0.2, -0.15) is 4.39 Å². The van der Waals surface area contributed by atoms with Crippen LogP contribution in [0.15, 0.2) is 5.16 Å². The molecular weight excluding hydrogens is 461 g/mol. The third-order valence-corrected chi connectivity index (χ3v) is 7.27. The number of hydrogen-bond donors (Lipinski definition) is 3. The molecule has 34 heavy (non-hydrogen) atoms. The SMILES string of the molecule is CSc1nc(NNC(=O)C(CC2CCCC2)CN(O)C=O)c(F)c(N2CCCC(N(C)C)C2)n1. The van der Waals surface area contributed by atoms with Crippen LogP contribution in [0.1, 0.15) is 44.9 Å². The van der Waals surface area contributed by atoms with Crippen LogP contribution in [-0.2, 0) is 9.59 Å². The first-order valence-electron chi connectivity index (χ1n) is 11.8. The molecule has 1 aliphatic carbocycles. The number of piperidine rings is 1. The molecule has 1 aromatic rings. The number of likely N-dealkylation sites (N-methyl/N-ethyl adjacent to an activating group) is 1. The van der Waals surface area contributed by atoms with Gasteiger partial charge in [0.1, 0.15) is 0 Å². The van der Waals surface area contributed by atoms with Gasteiger partial charge in [0.25, 0.3) is 0 Å². The maximum absolute atomic E-state index is 15.4. The number of aromatic nitrogens is 2.